The summed E-state index contributed by atoms with van der Waals surface area (Å²) in [6, 6.07) is 1.90. The van der Waals surface area contributed by atoms with Crippen molar-refractivity contribution in [2.45, 2.75) is 38.7 Å². The third kappa shape index (κ3) is 3.36. The predicted octanol–water partition coefficient (Wildman–Crippen LogP) is 0.644. The smallest absolute Gasteiger partial charge is 0.333 e. The Morgan fingerprint density at radius 1 is 1.20 bits per heavy atom. The van der Waals surface area contributed by atoms with Crippen LogP contribution >= 0.6 is 0 Å². The first kappa shape index (κ1) is 16.6. The number of aliphatic hydroxyl groups is 1. The molecule has 1 rings (SSSR count). The van der Waals surface area contributed by atoms with Crippen LogP contribution in [-0.2, 0) is 14.8 Å². The van der Waals surface area contributed by atoms with E-state index in [2.05, 4.69) is 4.72 Å². The van der Waals surface area contributed by atoms with Crippen molar-refractivity contribution in [3.05, 3.63) is 28.3 Å². The van der Waals surface area contributed by atoms with E-state index >= 15 is 0 Å². The maximum Gasteiger partial charge on any atom is 0.333 e. The zero-order chi connectivity index (χ0) is 15.7. The molecule has 0 aliphatic rings. The van der Waals surface area contributed by atoms with E-state index in [1.165, 1.54) is 0 Å². The highest BCUT2D eigenvalue weighted by Crippen LogP contribution is 2.25. The maximum atomic E-state index is 12.3. The molecule has 7 heteroatoms. The number of rotatable bonds is 5. The van der Waals surface area contributed by atoms with Crippen molar-refractivity contribution in [3.8, 4) is 0 Å². The second-order valence-corrected chi connectivity index (χ2v) is 6.50. The van der Waals surface area contributed by atoms with Crippen molar-refractivity contribution in [1.29, 1.82) is 0 Å². The molecule has 0 amide bonds. The fourth-order valence-corrected chi connectivity index (χ4v) is 3.58. The van der Waals surface area contributed by atoms with E-state index in [-0.39, 0.29) is 4.90 Å². The molecule has 0 saturated heterocycles. The molecule has 0 aliphatic carbocycles. The molecule has 0 aliphatic heterocycles. The molecule has 3 N–H and O–H groups in total. The van der Waals surface area contributed by atoms with E-state index in [0.29, 0.717) is 11.1 Å². The minimum Gasteiger partial charge on any atom is -0.479 e. The van der Waals surface area contributed by atoms with E-state index in [1.807, 2.05) is 19.9 Å². The summed E-state index contributed by atoms with van der Waals surface area (Å²) in [5, 5.41) is 17.7. The first-order valence-corrected chi connectivity index (χ1v) is 7.54. The number of aryl methyl sites for hydroxylation is 2. The summed E-state index contributed by atoms with van der Waals surface area (Å²) >= 11 is 0. The normalized spacial score (nSPS) is 13.2. The highest BCUT2D eigenvalue weighted by Gasteiger charge is 2.24. The molecular weight excluding hydrogens is 282 g/mol. The number of benzene rings is 1. The van der Waals surface area contributed by atoms with Gasteiger partial charge in [0.25, 0.3) is 0 Å². The van der Waals surface area contributed by atoms with E-state index < -0.39 is 28.6 Å². The number of sulfonamides is 1. The third-order valence-corrected chi connectivity index (χ3v) is 5.01. The summed E-state index contributed by atoms with van der Waals surface area (Å²) < 4.78 is 26.7. The molecule has 6 nitrogen and oxygen atoms in total. The molecule has 1 unspecified atom stereocenters. The van der Waals surface area contributed by atoms with Gasteiger partial charge < -0.3 is 10.2 Å². The fourth-order valence-electron chi connectivity index (χ4n) is 1.93. The number of aliphatic hydroxyl groups excluding tert-OH is 1. The summed E-state index contributed by atoms with van der Waals surface area (Å²) in [7, 11) is -3.87. The number of aliphatic carboxylic acids is 1. The van der Waals surface area contributed by atoms with Crippen LogP contribution in [0.5, 0.6) is 0 Å². The summed E-state index contributed by atoms with van der Waals surface area (Å²) in [4.78, 5) is 10.7. The Kier molecular flexibility index (Phi) is 4.90. The average molecular weight is 301 g/mol. The molecule has 1 atom stereocenters. The minimum absolute atomic E-state index is 0.146. The molecule has 1 aromatic rings. The van der Waals surface area contributed by atoms with Gasteiger partial charge in [0.05, 0.1) is 4.90 Å². The molecule has 0 fully saturated rings. The van der Waals surface area contributed by atoms with Gasteiger partial charge >= 0.3 is 5.97 Å². The number of carboxylic acids is 1. The van der Waals surface area contributed by atoms with Gasteiger partial charge in [0.1, 0.15) is 0 Å². The molecule has 0 radical (unpaired) electrons. The van der Waals surface area contributed by atoms with Crippen LogP contribution in [0.3, 0.4) is 0 Å². The van der Waals surface area contributed by atoms with Gasteiger partial charge in [-0.2, -0.15) is 0 Å². The molecule has 0 bridgehead atoms. The molecule has 112 valence electrons. The predicted molar refractivity (Wildman–Crippen MR) is 74.2 cm³/mol. The summed E-state index contributed by atoms with van der Waals surface area (Å²) in [6.45, 7) is 6.46. The first-order valence-electron chi connectivity index (χ1n) is 6.06. The first-order chi connectivity index (χ1) is 9.08. The van der Waals surface area contributed by atoms with Crippen LogP contribution in [0, 0.1) is 27.7 Å². The van der Waals surface area contributed by atoms with Gasteiger partial charge in [0.2, 0.25) is 10.0 Å². The number of hydrogen-bond donors (Lipinski definition) is 3. The van der Waals surface area contributed by atoms with Crippen molar-refractivity contribution in [2.75, 3.05) is 6.54 Å². The topological polar surface area (TPSA) is 104 Å². The van der Waals surface area contributed by atoms with Gasteiger partial charge in [-0.25, -0.2) is 17.9 Å². The second-order valence-electron chi connectivity index (χ2n) is 4.80. The largest absolute Gasteiger partial charge is 0.479 e. The number of carbonyl (C=O) groups is 1. The minimum atomic E-state index is -3.87. The van der Waals surface area contributed by atoms with Crippen molar-refractivity contribution < 1.29 is 23.4 Å². The standard InChI is InChI=1S/C13H19NO5S/c1-7-5-8(2)10(4)12(9(7)3)20(18,19)14-6-11(15)13(16)17/h5,11,14-15H,6H2,1-4H3,(H,16,17). The number of carboxylic acid groups (broad SMARTS) is 1. The average Bonchev–Trinajstić information content (AvgIpc) is 2.33. The molecule has 0 spiro atoms. The van der Waals surface area contributed by atoms with Crippen LogP contribution in [0.15, 0.2) is 11.0 Å². The van der Waals surface area contributed by atoms with Crippen LogP contribution in [0.2, 0.25) is 0 Å². The maximum absolute atomic E-state index is 12.3. The van der Waals surface area contributed by atoms with Gasteiger partial charge in [-0.15, -0.1) is 0 Å². The molecule has 0 heterocycles. The highest BCUT2D eigenvalue weighted by molar-refractivity contribution is 7.89. The van der Waals surface area contributed by atoms with Gasteiger partial charge in [-0.1, -0.05) is 6.07 Å². The lowest BCUT2D eigenvalue weighted by atomic mass is 10.0. The van der Waals surface area contributed by atoms with Crippen molar-refractivity contribution >= 4 is 16.0 Å². The molecule has 20 heavy (non-hydrogen) atoms. The Balaban J connectivity index is 3.20. The second kappa shape index (κ2) is 5.90. The SMILES string of the molecule is Cc1cc(C)c(C)c(S(=O)(=O)NCC(O)C(=O)O)c1C. The Hall–Kier alpha value is -1.44. The van der Waals surface area contributed by atoms with Crippen LogP contribution in [-0.4, -0.2) is 37.2 Å². The van der Waals surface area contributed by atoms with E-state index in [0.717, 1.165) is 11.1 Å². The Bertz CT molecular complexity index is 610. The third-order valence-electron chi connectivity index (χ3n) is 3.32. The Morgan fingerprint density at radius 3 is 2.05 bits per heavy atom. The van der Waals surface area contributed by atoms with Gasteiger partial charge in [0.15, 0.2) is 6.10 Å². The van der Waals surface area contributed by atoms with Crippen LogP contribution in [0.4, 0.5) is 0 Å². The van der Waals surface area contributed by atoms with Gasteiger partial charge in [0, 0.05) is 6.54 Å². The molecule has 0 aromatic heterocycles. The van der Waals surface area contributed by atoms with Crippen molar-refractivity contribution in [2.24, 2.45) is 0 Å². The lowest BCUT2D eigenvalue weighted by molar-refractivity contribution is -0.146. The van der Waals surface area contributed by atoms with Crippen LogP contribution in [0.25, 0.3) is 0 Å². The molecular formula is C13H19NO5S. The Morgan fingerprint density at radius 2 is 1.65 bits per heavy atom. The Labute approximate surface area is 118 Å². The fraction of sp³-hybridized carbons (Fsp3) is 0.462. The van der Waals surface area contributed by atoms with Crippen LogP contribution < -0.4 is 4.72 Å². The van der Waals surface area contributed by atoms with E-state index in [4.69, 9.17) is 10.2 Å². The zero-order valence-electron chi connectivity index (χ0n) is 11.9. The van der Waals surface area contributed by atoms with Crippen LogP contribution in [0.1, 0.15) is 22.3 Å². The lowest BCUT2D eigenvalue weighted by Crippen LogP contribution is -2.37. The van der Waals surface area contributed by atoms with Crippen molar-refractivity contribution in [3.63, 3.8) is 0 Å². The monoisotopic (exact) mass is 301 g/mol. The van der Waals surface area contributed by atoms with Crippen molar-refractivity contribution in [1.82, 2.24) is 4.72 Å². The molecule has 1 aromatic carbocycles. The quantitative estimate of drug-likeness (QED) is 0.740. The number of nitrogens with one attached hydrogen (secondary N) is 1. The lowest BCUT2D eigenvalue weighted by Gasteiger charge is -2.16. The van der Waals surface area contributed by atoms with Gasteiger partial charge in [-0.3, -0.25) is 0 Å². The zero-order valence-corrected chi connectivity index (χ0v) is 12.7. The van der Waals surface area contributed by atoms with Gasteiger partial charge in [-0.05, 0) is 49.9 Å². The summed E-state index contributed by atoms with van der Waals surface area (Å²) in [6.07, 6.45) is -1.77. The number of hydrogen-bond acceptors (Lipinski definition) is 4. The van der Waals surface area contributed by atoms with E-state index in [1.54, 1.807) is 13.8 Å². The highest BCUT2D eigenvalue weighted by atomic mass is 32.2. The summed E-state index contributed by atoms with van der Waals surface area (Å²) in [5.74, 6) is -1.47. The van der Waals surface area contributed by atoms with E-state index in [9.17, 15) is 13.2 Å². The molecule has 0 saturated carbocycles. The summed E-state index contributed by atoms with van der Waals surface area (Å²) in [5.41, 5.74) is 2.91.